The van der Waals surface area contributed by atoms with Crippen LogP contribution in [0.3, 0.4) is 0 Å². The molecule has 0 aliphatic rings. The fourth-order valence-electron chi connectivity index (χ4n) is 2.03. The number of rotatable bonds is 4. The lowest BCUT2D eigenvalue weighted by Gasteiger charge is -2.19. The van der Waals surface area contributed by atoms with Gasteiger partial charge in [0.25, 0.3) is 0 Å². The zero-order chi connectivity index (χ0) is 13.8. The van der Waals surface area contributed by atoms with Crippen molar-refractivity contribution in [2.75, 3.05) is 13.3 Å². The molecule has 0 bridgehead atoms. The van der Waals surface area contributed by atoms with E-state index < -0.39 is 0 Å². The van der Waals surface area contributed by atoms with Gasteiger partial charge in [0.1, 0.15) is 5.82 Å². The average molecular weight is 296 g/mol. The Kier molecular flexibility index (Phi) is 4.86. The van der Waals surface area contributed by atoms with Gasteiger partial charge in [-0.1, -0.05) is 23.7 Å². The van der Waals surface area contributed by atoms with Crippen LogP contribution in [0.15, 0.2) is 47.4 Å². The van der Waals surface area contributed by atoms with Crippen molar-refractivity contribution in [2.24, 2.45) is 0 Å². The number of halogens is 2. The van der Waals surface area contributed by atoms with Gasteiger partial charge >= 0.3 is 0 Å². The molecule has 1 unspecified atom stereocenters. The number of hydrogen-bond donors (Lipinski definition) is 1. The molecule has 2 aromatic rings. The third kappa shape index (κ3) is 3.30. The third-order valence-electron chi connectivity index (χ3n) is 3.01. The van der Waals surface area contributed by atoms with Gasteiger partial charge in [-0.25, -0.2) is 4.39 Å². The molecule has 0 radical (unpaired) electrons. The predicted molar refractivity (Wildman–Crippen MR) is 80.5 cm³/mol. The van der Waals surface area contributed by atoms with Crippen molar-refractivity contribution in [3.05, 3.63) is 64.4 Å². The molecule has 19 heavy (non-hydrogen) atoms. The Morgan fingerprint density at radius 2 is 1.84 bits per heavy atom. The Labute approximate surface area is 122 Å². The lowest BCUT2D eigenvalue weighted by molar-refractivity contribution is 0.617. The van der Waals surface area contributed by atoms with E-state index >= 15 is 0 Å². The molecule has 0 saturated heterocycles. The van der Waals surface area contributed by atoms with Crippen molar-refractivity contribution in [1.82, 2.24) is 5.32 Å². The van der Waals surface area contributed by atoms with Crippen molar-refractivity contribution in [3.63, 3.8) is 0 Å². The van der Waals surface area contributed by atoms with Crippen LogP contribution in [-0.4, -0.2) is 13.3 Å². The lowest BCUT2D eigenvalue weighted by atomic mass is 9.99. The van der Waals surface area contributed by atoms with Gasteiger partial charge < -0.3 is 5.32 Å². The predicted octanol–water partition coefficient (Wildman–Crippen LogP) is 4.51. The van der Waals surface area contributed by atoms with E-state index in [1.54, 1.807) is 17.8 Å². The minimum absolute atomic E-state index is 0.112. The maximum atomic E-state index is 13.4. The highest BCUT2D eigenvalue weighted by Gasteiger charge is 2.15. The summed E-state index contributed by atoms with van der Waals surface area (Å²) in [6, 6.07) is 12.5. The summed E-state index contributed by atoms with van der Waals surface area (Å²) in [5.41, 5.74) is 1.81. The first kappa shape index (κ1) is 14.4. The van der Waals surface area contributed by atoms with Crippen LogP contribution in [0.1, 0.15) is 17.2 Å². The molecule has 0 saturated carbocycles. The fourth-order valence-corrected chi connectivity index (χ4v) is 2.67. The highest BCUT2D eigenvalue weighted by Crippen LogP contribution is 2.29. The monoisotopic (exact) mass is 295 g/mol. The summed E-state index contributed by atoms with van der Waals surface area (Å²) >= 11 is 7.86. The first-order valence-electron chi connectivity index (χ1n) is 5.92. The largest absolute Gasteiger partial charge is 0.309 e. The zero-order valence-corrected chi connectivity index (χ0v) is 12.4. The van der Waals surface area contributed by atoms with E-state index in [4.69, 9.17) is 11.6 Å². The van der Waals surface area contributed by atoms with Gasteiger partial charge in [-0.2, -0.15) is 0 Å². The van der Waals surface area contributed by atoms with Gasteiger partial charge in [0.15, 0.2) is 0 Å². The Hall–Kier alpha value is -1.03. The second-order valence-electron chi connectivity index (χ2n) is 4.16. The standard InChI is InChI=1S/C15H15ClFNS/c1-18-15(10-3-6-12(19-2)7-4-10)13-9-11(17)5-8-14(13)16/h3-9,15,18H,1-2H3. The molecule has 0 spiro atoms. The average Bonchev–Trinajstić information content (AvgIpc) is 2.44. The smallest absolute Gasteiger partial charge is 0.123 e. The molecule has 1 N–H and O–H groups in total. The molecule has 1 atom stereocenters. The molecule has 0 aromatic heterocycles. The van der Waals surface area contributed by atoms with Crippen LogP contribution in [0.4, 0.5) is 4.39 Å². The maximum absolute atomic E-state index is 13.4. The molecule has 0 fully saturated rings. The Morgan fingerprint density at radius 1 is 1.16 bits per heavy atom. The molecular weight excluding hydrogens is 281 g/mol. The number of hydrogen-bond acceptors (Lipinski definition) is 2. The molecular formula is C15H15ClFNS. The van der Waals surface area contributed by atoms with Crippen LogP contribution < -0.4 is 5.32 Å². The summed E-state index contributed by atoms with van der Waals surface area (Å²) in [4.78, 5) is 1.20. The van der Waals surface area contributed by atoms with Crippen LogP contribution in [0.2, 0.25) is 5.02 Å². The molecule has 0 aliphatic carbocycles. The minimum Gasteiger partial charge on any atom is -0.309 e. The van der Waals surface area contributed by atoms with Crippen LogP contribution in [-0.2, 0) is 0 Å². The second-order valence-corrected chi connectivity index (χ2v) is 5.45. The quantitative estimate of drug-likeness (QED) is 0.833. The molecule has 0 heterocycles. The van der Waals surface area contributed by atoms with E-state index in [0.29, 0.717) is 5.02 Å². The maximum Gasteiger partial charge on any atom is 0.123 e. The molecule has 1 nitrogen and oxygen atoms in total. The second kappa shape index (κ2) is 6.42. The number of nitrogens with one attached hydrogen (secondary N) is 1. The third-order valence-corrected chi connectivity index (χ3v) is 4.09. The van der Waals surface area contributed by atoms with Crippen molar-refractivity contribution in [3.8, 4) is 0 Å². The van der Waals surface area contributed by atoms with Crippen molar-refractivity contribution in [2.45, 2.75) is 10.9 Å². The van der Waals surface area contributed by atoms with Crippen LogP contribution in [0.25, 0.3) is 0 Å². The van der Waals surface area contributed by atoms with Crippen LogP contribution >= 0.6 is 23.4 Å². The van der Waals surface area contributed by atoms with E-state index in [1.807, 2.05) is 25.4 Å². The Bertz CT molecular complexity index is 557. The molecule has 0 amide bonds. The Morgan fingerprint density at radius 3 is 2.42 bits per heavy atom. The van der Waals surface area contributed by atoms with Crippen molar-refractivity contribution >= 4 is 23.4 Å². The first-order chi connectivity index (χ1) is 9.15. The van der Waals surface area contributed by atoms with Crippen molar-refractivity contribution < 1.29 is 4.39 Å². The molecule has 0 aliphatic heterocycles. The Balaban J connectivity index is 2.40. The van der Waals surface area contributed by atoms with E-state index in [1.165, 1.54) is 17.0 Å². The molecule has 100 valence electrons. The minimum atomic E-state index is -0.277. The molecule has 2 rings (SSSR count). The van der Waals surface area contributed by atoms with Crippen molar-refractivity contribution in [1.29, 1.82) is 0 Å². The van der Waals surface area contributed by atoms with Gasteiger partial charge in [-0.3, -0.25) is 0 Å². The van der Waals surface area contributed by atoms with Gasteiger partial charge in [-0.05, 0) is 54.8 Å². The summed E-state index contributed by atoms with van der Waals surface area (Å²) in [5, 5.41) is 3.75. The SMILES string of the molecule is CNC(c1ccc(SC)cc1)c1cc(F)ccc1Cl. The van der Waals surface area contributed by atoms with E-state index in [2.05, 4.69) is 17.4 Å². The van der Waals surface area contributed by atoms with Crippen LogP contribution in [0, 0.1) is 5.82 Å². The fraction of sp³-hybridized carbons (Fsp3) is 0.200. The number of benzene rings is 2. The summed E-state index contributed by atoms with van der Waals surface area (Å²) in [5.74, 6) is -0.277. The van der Waals surface area contributed by atoms with E-state index in [-0.39, 0.29) is 11.9 Å². The number of thioether (sulfide) groups is 1. The summed E-state index contributed by atoms with van der Waals surface area (Å²) in [7, 11) is 1.84. The van der Waals surface area contributed by atoms with Gasteiger partial charge in [0.05, 0.1) is 6.04 Å². The summed E-state index contributed by atoms with van der Waals surface area (Å²) in [6.07, 6.45) is 2.04. The highest BCUT2D eigenvalue weighted by molar-refractivity contribution is 7.98. The molecule has 4 heteroatoms. The van der Waals surface area contributed by atoms with Gasteiger partial charge in [0.2, 0.25) is 0 Å². The normalized spacial score (nSPS) is 12.4. The summed E-state index contributed by atoms with van der Waals surface area (Å²) < 4.78 is 13.4. The highest BCUT2D eigenvalue weighted by atomic mass is 35.5. The summed E-state index contributed by atoms with van der Waals surface area (Å²) in [6.45, 7) is 0. The van der Waals surface area contributed by atoms with Crippen LogP contribution in [0.5, 0.6) is 0 Å². The topological polar surface area (TPSA) is 12.0 Å². The van der Waals surface area contributed by atoms with E-state index in [0.717, 1.165) is 11.1 Å². The first-order valence-corrected chi connectivity index (χ1v) is 7.52. The molecule has 2 aromatic carbocycles. The zero-order valence-electron chi connectivity index (χ0n) is 10.8. The van der Waals surface area contributed by atoms with Gasteiger partial charge in [-0.15, -0.1) is 11.8 Å². The van der Waals surface area contributed by atoms with E-state index in [9.17, 15) is 4.39 Å². The van der Waals surface area contributed by atoms with Gasteiger partial charge in [0, 0.05) is 9.92 Å². The lowest BCUT2D eigenvalue weighted by Crippen LogP contribution is -2.18.